The predicted molar refractivity (Wildman–Crippen MR) is 144 cm³/mol. The third kappa shape index (κ3) is 4.95. The molecule has 184 valence electrons. The summed E-state index contributed by atoms with van der Waals surface area (Å²) in [5.41, 5.74) is 5.01. The van der Waals surface area contributed by atoms with Gasteiger partial charge in [0.15, 0.2) is 11.5 Å². The van der Waals surface area contributed by atoms with E-state index in [4.69, 9.17) is 16.3 Å². The molecule has 36 heavy (non-hydrogen) atoms. The van der Waals surface area contributed by atoms with E-state index < -0.39 is 0 Å². The summed E-state index contributed by atoms with van der Waals surface area (Å²) < 4.78 is 5.92. The Hall–Kier alpha value is -3.77. The minimum Gasteiger partial charge on any atom is -0.449 e. The number of rotatable bonds is 4. The topological polar surface area (TPSA) is 53.1 Å². The van der Waals surface area contributed by atoms with Gasteiger partial charge in [0.05, 0.1) is 5.69 Å². The maximum Gasteiger partial charge on any atom is 0.294 e. The largest absolute Gasteiger partial charge is 0.449 e. The van der Waals surface area contributed by atoms with Crippen LogP contribution >= 0.6 is 11.6 Å². The van der Waals surface area contributed by atoms with Crippen molar-refractivity contribution in [1.82, 2.24) is 4.90 Å². The van der Waals surface area contributed by atoms with Crippen molar-refractivity contribution in [2.24, 2.45) is 0 Å². The Morgan fingerprint density at radius 3 is 2.50 bits per heavy atom. The lowest BCUT2D eigenvalue weighted by atomic mass is 10.1. The van der Waals surface area contributed by atoms with E-state index in [-0.39, 0.29) is 24.1 Å². The number of piperazine rings is 1. The van der Waals surface area contributed by atoms with Crippen LogP contribution in [-0.2, 0) is 9.59 Å². The number of halogens is 1. The fraction of sp³-hybridized carbons (Fsp3) is 0.241. The normalized spacial score (nSPS) is 16.7. The Morgan fingerprint density at radius 1 is 0.944 bits per heavy atom. The first kappa shape index (κ1) is 23.9. The average Bonchev–Trinajstić information content (AvgIpc) is 2.88. The van der Waals surface area contributed by atoms with Gasteiger partial charge < -0.3 is 14.5 Å². The SMILES string of the molecule is Cc1ccc(C)c(N2CCN(C(=O)CN3C(=O)/C(=C\c4cccc(Cl)c4)Oc4ccccc43)CC2)c1. The molecule has 0 aliphatic carbocycles. The molecule has 0 bridgehead atoms. The van der Waals surface area contributed by atoms with Crippen molar-refractivity contribution in [1.29, 1.82) is 0 Å². The van der Waals surface area contributed by atoms with Gasteiger partial charge in [-0.3, -0.25) is 14.5 Å². The molecule has 6 nitrogen and oxygen atoms in total. The summed E-state index contributed by atoms with van der Waals surface area (Å²) in [4.78, 5) is 32.4. The molecule has 0 unspecified atom stereocenters. The van der Waals surface area contributed by atoms with Crippen molar-refractivity contribution in [3.8, 4) is 5.75 Å². The molecule has 5 rings (SSSR count). The molecule has 0 atom stereocenters. The van der Waals surface area contributed by atoms with Crippen LogP contribution in [0.4, 0.5) is 11.4 Å². The van der Waals surface area contributed by atoms with Crippen LogP contribution in [-0.4, -0.2) is 49.4 Å². The molecule has 3 aromatic rings. The van der Waals surface area contributed by atoms with Crippen molar-refractivity contribution in [2.45, 2.75) is 13.8 Å². The van der Waals surface area contributed by atoms with Gasteiger partial charge in [-0.2, -0.15) is 0 Å². The number of aryl methyl sites for hydroxylation is 2. The van der Waals surface area contributed by atoms with Crippen molar-refractivity contribution in [2.75, 3.05) is 42.5 Å². The third-order valence-electron chi connectivity index (χ3n) is 6.61. The van der Waals surface area contributed by atoms with Crippen LogP contribution in [0.3, 0.4) is 0 Å². The van der Waals surface area contributed by atoms with Gasteiger partial charge in [0.2, 0.25) is 5.91 Å². The molecule has 0 N–H and O–H groups in total. The number of ether oxygens (including phenoxy) is 1. The number of carbonyl (C=O) groups excluding carboxylic acids is 2. The highest BCUT2D eigenvalue weighted by atomic mass is 35.5. The number of amides is 2. The smallest absolute Gasteiger partial charge is 0.294 e. The Bertz CT molecular complexity index is 1350. The second-order valence-corrected chi connectivity index (χ2v) is 9.62. The molecule has 0 saturated carbocycles. The van der Waals surface area contributed by atoms with Crippen LogP contribution in [0.2, 0.25) is 5.02 Å². The molecule has 2 amide bonds. The molecule has 3 aromatic carbocycles. The molecule has 2 aliphatic heterocycles. The van der Waals surface area contributed by atoms with Gasteiger partial charge in [0, 0.05) is 36.9 Å². The first-order valence-electron chi connectivity index (χ1n) is 12.0. The Morgan fingerprint density at radius 2 is 1.72 bits per heavy atom. The molecule has 1 fully saturated rings. The van der Waals surface area contributed by atoms with Crippen molar-refractivity contribution >= 4 is 40.9 Å². The number of anilines is 2. The lowest BCUT2D eigenvalue weighted by Gasteiger charge is -2.38. The van der Waals surface area contributed by atoms with E-state index in [0.717, 1.165) is 18.7 Å². The van der Waals surface area contributed by atoms with E-state index in [0.29, 0.717) is 29.5 Å². The highest BCUT2D eigenvalue weighted by molar-refractivity contribution is 6.30. The van der Waals surface area contributed by atoms with Gasteiger partial charge in [-0.15, -0.1) is 0 Å². The second-order valence-electron chi connectivity index (χ2n) is 9.18. The van der Waals surface area contributed by atoms with Crippen molar-refractivity contribution in [3.63, 3.8) is 0 Å². The standard InChI is InChI=1S/C29H28ClN3O3/c1-20-10-11-21(2)25(16-20)31-12-14-32(15-13-31)28(34)19-33-24-8-3-4-9-26(24)36-27(29(33)35)18-22-6-5-7-23(30)17-22/h3-11,16-18H,12-15,19H2,1-2H3/b27-18+. The summed E-state index contributed by atoms with van der Waals surface area (Å²) in [5, 5.41) is 0.569. The zero-order valence-corrected chi connectivity index (χ0v) is 21.2. The van der Waals surface area contributed by atoms with E-state index in [1.54, 1.807) is 30.3 Å². The fourth-order valence-corrected chi connectivity index (χ4v) is 4.86. The summed E-state index contributed by atoms with van der Waals surface area (Å²) in [6, 6.07) is 20.9. The lowest BCUT2D eigenvalue weighted by Crippen LogP contribution is -2.52. The van der Waals surface area contributed by atoms with Gasteiger partial charge in [-0.05, 0) is 66.9 Å². The molecule has 2 heterocycles. The highest BCUT2D eigenvalue weighted by Crippen LogP contribution is 2.35. The molecule has 0 aromatic heterocycles. The summed E-state index contributed by atoms with van der Waals surface area (Å²) in [7, 11) is 0. The number of fused-ring (bicyclic) bond motifs is 1. The summed E-state index contributed by atoms with van der Waals surface area (Å²) in [6.07, 6.45) is 1.66. The van der Waals surface area contributed by atoms with Crippen molar-refractivity contribution < 1.29 is 14.3 Å². The highest BCUT2D eigenvalue weighted by Gasteiger charge is 2.33. The maximum absolute atomic E-state index is 13.4. The third-order valence-corrected chi connectivity index (χ3v) is 6.84. The number of para-hydroxylation sites is 2. The average molecular weight is 502 g/mol. The minimum atomic E-state index is -0.351. The van der Waals surface area contributed by atoms with Crippen LogP contribution in [0.5, 0.6) is 5.75 Å². The van der Waals surface area contributed by atoms with Gasteiger partial charge in [0.25, 0.3) is 5.91 Å². The molecular weight excluding hydrogens is 474 g/mol. The summed E-state index contributed by atoms with van der Waals surface area (Å²) in [6.45, 7) is 6.88. The number of benzene rings is 3. The Kier molecular flexibility index (Phi) is 6.70. The minimum absolute atomic E-state index is 0.0461. The summed E-state index contributed by atoms with van der Waals surface area (Å²) >= 11 is 6.11. The molecule has 0 spiro atoms. The van der Waals surface area contributed by atoms with Crippen LogP contribution in [0.1, 0.15) is 16.7 Å². The number of carbonyl (C=O) groups is 2. The van der Waals surface area contributed by atoms with Crippen LogP contribution in [0.15, 0.2) is 72.5 Å². The monoisotopic (exact) mass is 501 g/mol. The number of nitrogens with zero attached hydrogens (tertiary/aromatic N) is 3. The zero-order chi connectivity index (χ0) is 25.2. The molecule has 0 radical (unpaired) electrons. The van der Waals surface area contributed by atoms with E-state index in [1.165, 1.54) is 21.7 Å². The Labute approximate surface area is 216 Å². The first-order chi connectivity index (χ1) is 17.4. The number of hydrogen-bond donors (Lipinski definition) is 0. The second kappa shape index (κ2) is 10.1. The van der Waals surface area contributed by atoms with Gasteiger partial charge in [-0.25, -0.2) is 0 Å². The van der Waals surface area contributed by atoms with E-state index >= 15 is 0 Å². The van der Waals surface area contributed by atoms with Crippen LogP contribution in [0, 0.1) is 13.8 Å². The first-order valence-corrected chi connectivity index (χ1v) is 12.4. The zero-order valence-electron chi connectivity index (χ0n) is 20.4. The van der Waals surface area contributed by atoms with E-state index in [1.807, 2.05) is 29.2 Å². The van der Waals surface area contributed by atoms with Crippen LogP contribution in [0.25, 0.3) is 6.08 Å². The van der Waals surface area contributed by atoms with E-state index in [2.05, 4.69) is 36.9 Å². The molecular formula is C29H28ClN3O3. The predicted octanol–water partition coefficient (Wildman–Crippen LogP) is 5.07. The molecule has 2 aliphatic rings. The molecule has 1 saturated heterocycles. The van der Waals surface area contributed by atoms with E-state index in [9.17, 15) is 9.59 Å². The fourth-order valence-electron chi connectivity index (χ4n) is 4.66. The van der Waals surface area contributed by atoms with Gasteiger partial charge in [-0.1, -0.05) is 48.0 Å². The summed E-state index contributed by atoms with van der Waals surface area (Å²) in [5.74, 6) is 0.264. The van der Waals surface area contributed by atoms with Crippen LogP contribution < -0.4 is 14.5 Å². The quantitative estimate of drug-likeness (QED) is 0.468. The number of hydrogen-bond acceptors (Lipinski definition) is 4. The molecule has 7 heteroatoms. The lowest BCUT2D eigenvalue weighted by molar-refractivity contribution is -0.131. The van der Waals surface area contributed by atoms with Gasteiger partial charge in [0.1, 0.15) is 6.54 Å². The van der Waals surface area contributed by atoms with Crippen molar-refractivity contribution in [3.05, 3.63) is 94.2 Å². The Balaban J connectivity index is 1.32. The maximum atomic E-state index is 13.4. The van der Waals surface area contributed by atoms with Gasteiger partial charge >= 0.3 is 0 Å².